The number of rotatable bonds is 11. The molecule has 0 spiro atoms. The summed E-state index contributed by atoms with van der Waals surface area (Å²) in [7, 11) is -1.40. The SMILES string of the molecule is CCCCN(C(=O)CN1C[C@H](c2ccc3c(c2)CCO3)C(C(=O)O)[C@@H]1CCN1CCCS1(=O)=O)c1ccc[n+](C)c1. The summed E-state index contributed by atoms with van der Waals surface area (Å²) in [5.41, 5.74) is 2.80. The van der Waals surface area contributed by atoms with Gasteiger partial charge in [-0.15, -0.1) is 0 Å². The first-order valence-corrected chi connectivity index (χ1v) is 16.2. The van der Waals surface area contributed by atoms with E-state index in [1.54, 1.807) is 4.90 Å². The summed E-state index contributed by atoms with van der Waals surface area (Å²) >= 11 is 0. The summed E-state index contributed by atoms with van der Waals surface area (Å²) in [5, 5.41) is 10.5. The van der Waals surface area contributed by atoms with Crippen LogP contribution < -0.4 is 14.2 Å². The van der Waals surface area contributed by atoms with Crippen LogP contribution in [0.5, 0.6) is 5.75 Å². The largest absolute Gasteiger partial charge is 0.493 e. The first kappa shape index (κ1) is 29.5. The third-order valence-corrected chi connectivity index (χ3v) is 10.6. The van der Waals surface area contributed by atoms with Gasteiger partial charge in [-0.3, -0.25) is 14.5 Å². The Morgan fingerprint density at radius 3 is 2.78 bits per heavy atom. The van der Waals surface area contributed by atoms with Gasteiger partial charge in [-0.1, -0.05) is 25.5 Å². The second-order valence-electron chi connectivity index (χ2n) is 11.4. The molecule has 3 atom stereocenters. The van der Waals surface area contributed by atoms with Gasteiger partial charge in [-0.2, -0.15) is 0 Å². The van der Waals surface area contributed by atoms with Crippen LogP contribution in [-0.4, -0.2) is 85.7 Å². The van der Waals surface area contributed by atoms with Crippen molar-refractivity contribution in [3.63, 3.8) is 0 Å². The van der Waals surface area contributed by atoms with Crippen LogP contribution in [0, 0.1) is 5.92 Å². The maximum absolute atomic E-state index is 13.9. The van der Waals surface area contributed by atoms with Crippen molar-refractivity contribution in [2.24, 2.45) is 13.0 Å². The number of sulfonamides is 1. The first-order chi connectivity index (χ1) is 19.7. The summed E-state index contributed by atoms with van der Waals surface area (Å²) < 4.78 is 34.1. The smallest absolute Gasteiger partial charge is 0.308 e. The zero-order valence-electron chi connectivity index (χ0n) is 23.9. The van der Waals surface area contributed by atoms with Crippen molar-refractivity contribution in [2.75, 3.05) is 50.0 Å². The summed E-state index contributed by atoms with van der Waals surface area (Å²) in [6.45, 7) is 4.44. The summed E-state index contributed by atoms with van der Waals surface area (Å²) in [6.07, 6.45) is 7.33. The predicted octanol–water partition coefficient (Wildman–Crippen LogP) is 2.17. The molecule has 10 nitrogen and oxygen atoms in total. The molecule has 0 saturated carbocycles. The van der Waals surface area contributed by atoms with E-state index in [-0.39, 0.29) is 30.7 Å². The van der Waals surface area contributed by atoms with Gasteiger partial charge in [0.05, 0.1) is 24.8 Å². The molecule has 1 unspecified atom stereocenters. The van der Waals surface area contributed by atoms with Crippen molar-refractivity contribution < 1.29 is 32.4 Å². The standard InChI is InChI=1S/C30H40N4O6S/c1-3-4-14-34(24-7-5-12-31(2)19-24)28(35)21-32-20-25(22-8-9-27-23(18-22)11-16-40-27)29(30(36)37)26(32)10-15-33-13-6-17-41(33,38)39/h5,7-9,12,18-19,25-26,29H,3-4,6,10-11,13-17,20-21H2,1-2H3/p+1/t25-,26+,29?/m1/s1. The van der Waals surface area contributed by atoms with E-state index in [1.165, 1.54) is 4.31 Å². The number of aryl methyl sites for hydroxylation is 1. The fraction of sp³-hybridized carbons (Fsp3) is 0.567. The van der Waals surface area contributed by atoms with Crippen molar-refractivity contribution in [1.29, 1.82) is 0 Å². The van der Waals surface area contributed by atoms with Crippen LogP contribution in [0.15, 0.2) is 42.7 Å². The molecule has 0 radical (unpaired) electrons. The van der Waals surface area contributed by atoms with E-state index >= 15 is 0 Å². The molecule has 2 saturated heterocycles. The van der Waals surface area contributed by atoms with Gasteiger partial charge in [-0.25, -0.2) is 17.3 Å². The number of hydrogen-bond acceptors (Lipinski definition) is 6. The van der Waals surface area contributed by atoms with Crippen molar-refractivity contribution in [1.82, 2.24) is 9.21 Å². The number of carboxylic acids is 1. The zero-order chi connectivity index (χ0) is 29.1. The number of carbonyl (C=O) groups excluding carboxylic acids is 1. The predicted molar refractivity (Wildman–Crippen MR) is 154 cm³/mol. The Kier molecular flexibility index (Phi) is 8.96. The van der Waals surface area contributed by atoms with Crippen LogP contribution in [-0.2, 0) is 33.1 Å². The number of benzene rings is 1. The van der Waals surface area contributed by atoms with Crippen LogP contribution in [0.3, 0.4) is 0 Å². The molecule has 2 fully saturated rings. The van der Waals surface area contributed by atoms with E-state index in [1.807, 2.05) is 59.2 Å². The van der Waals surface area contributed by atoms with Crippen LogP contribution in [0.25, 0.3) is 0 Å². The quantitative estimate of drug-likeness (QED) is 0.403. The highest BCUT2D eigenvalue weighted by atomic mass is 32.2. The number of aromatic nitrogens is 1. The van der Waals surface area contributed by atoms with Crippen LogP contribution >= 0.6 is 0 Å². The highest BCUT2D eigenvalue weighted by molar-refractivity contribution is 7.89. The van der Waals surface area contributed by atoms with Crippen LogP contribution in [0.2, 0.25) is 0 Å². The molecule has 1 amide bonds. The zero-order valence-corrected chi connectivity index (χ0v) is 24.8. The van der Waals surface area contributed by atoms with E-state index in [9.17, 15) is 23.1 Å². The highest BCUT2D eigenvalue weighted by Gasteiger charge is 2.48. The van der Waals surface area contributed by atoms with E-state index in [4.69, 9.17) is 4.74 Å². The Labute approximate surface area is 242 Å². The number of likely N-dealkylation sites (tertiary alicyclic amines) is 1. The molecule has 3 aliphatic rings. The lowest BCUT2D eigenvalue weighted by molar-refractivity contribution is -0.670. The molecule has 1 aromatic heterocycles. The number of carbonyl (C=O) groups is 2. The number of amides is 1. The normalized spacial score (nSPS) is 23.8. The van der Waals surface area contributed by atoms with Crippen molar-refractivity contribution >= 4 is 27.6 Å². The maximum atomic E-state index is 13.9. The minimum absolute atomic E-state index is 0.0636. The first-order valence-electron chi connectivity index (χ1n) is 14.6. The molecule has 1 aromatic carbocycles. The summed E-state index contributed by atoms with van der Waals surface area (Å²) in [4.78, 5) is 30.5. The number of ether oxygens (including phenoxy) is 1. The monoisotopic (exact) mass is 585 g/mol. The molecule has 5 rings (SSSR count). The second-order valence-corrected chi connectivity index (χ2v) is 13.5. The van der Waals surface area contributed by atoms with Gasteiger partial charge in [0.2, 0.25) is 15.9 Å². The third kappa shape index (κ3) is 6.42. The number of pyridine rings is 1. The highest BCUT2D eigenvalue weighted by Crippen LogP contribution is 2.41. The summed E-state index contributed by atoms with van der Waals surface area (Å²) in [5.74, 6) is -1.14. The van der Waals surface area contributed by atoms with Gasteiger partial charge in [0, 0.05) is 50.6 Å². The van der Waals surface area contributed by atoms with Crippen LogP contribution in [0.4, 0.5) is 5.69 Å². The molecule has 0 bridgehead atoms. The third-order valence-electron chi connectivity index (χ3n) is 8.66. The number of unbranched alkanes of at least 4 members (excludes halogenated alkanes) is 1. The molecule has 41 heavy (non-hydrogen) atoms. The second kappa shape index (κ2) is 12.5. The fourth-order valence-corrected chi connectivity index (χ4v) is 8.09. The molecule has 4 heterocycles. The lowest BCUT2D eigenvalue weighted by Crippen LogP contribution is -2.46. The number of hydrogen-bond donors (Lipinski definition) is 1. The van der Waals surface area contributed by atoms with E-state index in [0.29, 0.717) is 39.1 Å². The molecule has 0 aliphatic carbocycles. The minimum Gasteiger partial charge on any atom is -0.493 e. The lowest BCUT2D eigenvalue weighted by Gasteiger charge is -2.30. The van der Waals surface area contributed by atoms with E-state index in [0.717, 1.165) is 41.8 Å². The average Bonchev–Trinajstić information content (AvgIpc) is 3.63. The number of nitrogens with zero attached hydrogens (tertiary/aromatic N) is 4. The number of aliphatic carboxylic acids is 1. The van der Waals surface area contributed by atoms with Gasteiger partial charge in [0.25, 0.3) is 0 Å². The lowest BCUT2D eigenvalue weighted by atomic mass is 9.83. The van der Waals surface area contributed by atoms with Gasteiger partial charge in [0.15, 0.2) is 12.4 Å². The van der Waals surface area contributed by atoms with E-state index in [2.05, 4.69) is 6.92 Å². The molecule has 11 heteroatoms. The molecule has 1 N–H and O–H groups in total. The Morgan fingerprint density at radius 2 is 2.07 bits per heavy atom. The van der Waals surface area contributed by atoms with Gasteiger partial charge in [0.1, 0.15) is 18.5 Å². The molecule has 222 valence electrons. The number of carboxylic acid groups (broad SMARTS) is 1. The minimum atomic E-state index is -3.32. The van der Waals surface area contributed by atoms with Crippen molar-refractivity contribution in [2.45, 2.75) is 51.0 Å². The number of fused-ring (bicyclic) bond motifs is 1. The van der Waals surface area contributed by atoms with Gasteiger partial charge < -0.3 is 14.7 Å². The maximum Gasteiger partial charge on any atom is 0.308 e. The van der Waals surface area contributed by atoms with E-state index < -0.39 is 28.0 Å². The number of anilines is 1. The Hall–Kier alpha value is -3.02. The van der Waals surface area contributed by atoms with Crippen LogP contribution in [0.1, 0.15) is 49.7 Å². The average molecular weight is 586 g/mol. The molecule has 3 aliphatic heterocycles. The summed E-state index contributed by atoms with van der Waals surface area (Å²) in [6, 6.07) is 9.25. The topological polar surface area (TPSA) is 111 Å². The van der Waals surface area contributed by atoms with Gasteiger partial charge in [-0.05, 0) is 42.5 Å². The Balaban J connectivity index is 1.44. The Morgan fingerprint density at radius 1 is 1.24 bits per heavy atom. The van der Waals surface area contributed by atoms with Crippen molar-refractivity contribution in [3.8, 4) is 5.75 Å². The Bertz CT molecular complexity index is 1380. The molecule has 2 aromatic rings. The van der Waals surface area contributed by atoms with Crippen molar-refractivity contribution in [3.05, 3.63) is 53.9 Å². The molecular formula is C30H41N4O6S+. The van der Waals surface area contributed by atoms with Gasteiger partial charge >= 0.3 is 5.97 Å². The molecular weight excluding hydrogens is 544 g/mol. The fourth-order valence-electron chi connectivity index (χ4n) is 6.55.